The lowest BCUT2D eigenvalue weighted by Gasteiger charge is -2.05. The zero-order valence-electron chi connectivity index (χ0n) is 7.97. The monoisotopic (exact) mass is 204 g/mol. The van der Waals surface area contributed by atoms with E-state index >= 15 is 0 Å². The van der Waals surface area contributed by atoms with Crippen molar-refractivity contribution in [2.45, 2.75) is 6.61 Å². The van der Waals surface area contributed by atoms with Crippen LogP contribution in [0.15, 0.2) is 36.8 Å². The Labute approximate surface area is 88.5 Å². The summed E-state index contributed by atoms with van der Waals surface area (Å²) in [7, 11) is 4.81. The minimum Gasteiger partial charge on any atom is -0.481 e. The summed E-state index contributed by atoms with van der Waals surface area (Å²) in [5.74, 6) is -0.750. The molecule has 0 aliphatic carbocycles. The lowest BCUT2D eigenvalue weighted by molar-refractivity contribution is 0.167. The van der Waals surface area contributed by atoms with Crippen molar-refractivity contribution in [3.05, 3.63) is 42.4 Å². The van der Waals surface area contributed by atoms with Gasteiger partial charge in [-0.05, 0) is 24.3 Å². The molecule has 0 atom stereocenters. The summed E-state index contributed by atoms with van der Waals surface area (Å²) >= 11 is 0. The Hall–Kier alpha value is -1.91. The van der Waals surface area contributed by atoms with Crippen LogP contribution in [0.4, 0.5) is 4.79 Å². The number of carbonyl (C=O) groups is 1. The minimum atomic E-state index is -0.820. The molecule has 5 heteroatoms. The summed E-state index contributed by atoms with van der Waals surface area (Å²) in [6.45, 7) is 3.29. The van der Waals surface area contributed by atoms with E-state index in [1.807, 2.05) is 0 Å². The number of rotatable bonds is 4. The summed E-state index contributed by atoms with van der Waals surface area (Å²) in [5, 5.41) is 8.75. The van der Waals surface area contributed by atoms with Crippen LogP contribution in [0.2, 0.25) is 0 Å². The average molecular weight is 204 g/mol. The van der Waals surface area contributed by atoms with E-state index in [-0.39, 0.29) is 12.6 Å². The molecule has 2 radical (unpaired) electrons. The van der Waals surface area contributed by atoms with Crippen molar-refractivity contribution >= 4 is 13.7 Å². The number of aliphatic hydroxyl groups is 1. The van der Waals surface area contributed by atoms with Gasteiger partial charge in [0.25, 0.3) is 5.95 Å². The van der Waals surface area contributed by atoms with Crippen molar-refractivity contribution in [2.75, 3.05) is 0 Å². The van der Waals surface area contributed by atoms with Gasteiger partial charge in [0.2, 0.25) is 13.7 Å². The van der Waals surface area contributed by atoms with Crippen LogP contribution in [-0.4, -0.2) is 18.8 Å². The summed E-state index contributed by atoms with van der Waals surface area (Å²) in [6, 6.07) is 6.59. The topological polar surface area (TPSA) is 55.8 Å². The highest BCUT2D eigenvalue weighted by molar-refractivity contribution is 6.55. The highest BCUT2D eigenvalue weighted by Gasteiger charge is 1.98. The van der Waals surface area contributed by atoms with E-state index in [1.165, 1.54) is 0 Å². The third-order valence-electron chi connectivity index (χ3n) is 1.54. The summed E-state index contributed by atoms with van der Waals surface area (Å²) in [5.41, 5.74) is 0.768. The van der Waals surface area contributed by atoms with E-state index in [1.54, 1.807) is 24.3 Å². The Morgan fingerprint density at radius 1 is 1.40 bits per heavy atom. The van der Waals surface area contributed by atoms with Crippen molar-refractivity contribution < 1.29 is 19.4 Å². The van der Waals surface area contributed by atoms with Crippen LogP contribution in [0.3, 0.4) is 0 Å². The number of aliphatic hydroxyl groups excluding tert-OH is 1. The van der Waals surface area contributed by atoms with Gasteiger partial charge in [0.05, 0.1) is 0 Å². The molecule has 1 aromatic rings. The van der Waals surface area contributed by atoms with Gasteiger partial charge in [-0.25, -0.2) is 0 Å². The molecule has 76 valence electrons. The first kappa shape index (κ1) is 11.2. The fraction of sp³-hybridized carbons (Fsp3) is 0.100. The van der Waals surface area contributed by atoms with Crippen LogP contribution in [0.25, 0.3) is 0 Å². The van der Waals surface area contributed by atoms with Crippen LogP contribution < -0.4 is 4.74 Å². The second kappa shape index (κ2) is 5.09. The molecule has 0 unspecified atom stereocenters. The summed E-state index contributed by atoms with van der Waals surface area (Å²) in [4.78, 5) is 10.3. The van der Waals surface area contributed by atoms with Crippen LogP contribution in [0, 0.1) is 0 Å². The first-order valence-corrected chi connectivity index (χ1v) is 4.15. The standard InChI is InChI=1S/C10H9BO4/c1-7(12)15-9-4-2-8(3-5-9)6-14-10(11)13/h2-5,12H,1,6H2. The molecule has 0 saturated heterocycles. The van der Waals surface area contributed by atoms with Crippen molar-refractivity contribution in [1.82, 2.24) is 0 Å². The van der Waals surface area contributed by atoms with E-state index in [0.29, 0.717) is 5.75 Å². The molecule has 1 aromatic carbocycles. The maximum absolute atomic E-state index is 10.3. The van der Waals surface area contributed by atoms with Gasteiger partial charge in [-0.1, -0.05) is 12.1 Å². The van der Waals surface area contributed by atoms with E-state index in [0.717, 1.165) is 5.56 Å². The quantitative estimate of drug-likeness (QED) is 0.600. The fourth-order valence-electron chi connectivity index (χ4n) is 0.944. The first-order valence-electron chi connectivity index (χ1n) is 4.15. The molecule has 1 rings (SSSR count). The van der Waals surface area contributed by atoms with Crippen molar-refractivity contribution in [2.24, 2.45) is 0 Å². The highest BCUT2D eigenvalue weighted by atomic mass is 16.6. The second-order valence-electron chi connectivity index (χ2n) is 2.75. The molecular formula is C10H9BO4. The molecule has 0 fully saturated rings. The Kier molecular flexibility index (Phi) is 3.79. The van der Waals surface area contributed by atoms with Gasteiger partial charge in [0.1, 0.15) is 12.4 Å². The van der Waals surface area contributed by atoms with Crippen LogP contribution in [-0.2, 0) is 11.3 Å². The Balaban J connectivity index is 2.56. The molecule has 0 heterocycles. The van der Waals surface area contributed by atoms with Gasteiger partial charge in [0, 0.05) is 0 Å². The number of hydrogen-bond donors (Lipinski definition) is 1. The van der Waals surface area contributed by atoms with Gasteiger partial charge in [-0.3, -0.25) is 4.79 Å². The maximum atomic E-state index is 10.3. The highest BCUT2D eigenvalue weighted by Crippen LogP contribution is 2.14. The van der Waals surface area contributed by atoms with Gasteiger partial charge < -0.3 is 14.6 Å². The number of ether oxygens (including phenoxy) is 2. The zero-order valence-corrected chi connectivity index (χ0v) is 7.97. The van der Waals surface area contributed by atoms with E-state index in [4.69, 9.17) is 17.7 Å². The normalized spacial score (nSPS) is 9.33. The van der Waals surface area contributed by atoms with Crippen LogP contribution >= 0.6 is 0 Å². The largest absolute Gasteiger partial charge is 0.481 e. The molecule has 0 aliphatic heterocycles. The predicted octanol–water partition coefficient (Wildman–Crippen LogP) is 1.90. The lowest BCUT2D eigenvalue weighted by Crippen LogP contribution is -2.00. The summed E-state index contributed by atoms with van der Waals surface area (Å²) < 4.78 is 9.40. The van der Waals surface area contributed by atoms with Gasteiger partial charge in [0.15, 0.2) is 0 Å². The van der Waals surface area contributed by atoms with Crippen LogP contribution in [0.5, 0.6) is 5.75 Å². The second-order valence-corrected chi connectivity index (χ2v) is 2.75. The van der Waals surface area contributed by atoms with E-state index in [9.17, 15) is 4.79 Å². The molecule has 0 spiro atoms. The molecule has 4 nitrogen and oxygen atoms in total. The van der Waals surface area contributed by atoms with Crippen molar-refractivity contribution in [3.63, 3.8) is 0 Å². The van der Waals surface area contributed by atoms with Crippen molar-refractivity contribution in [1.29, 1.82) is 0 Å². The lowest BCUT2D eigenvalue weighted by atomic mass is 10.2. The average Bonchev–Trinajstić information content (AvgIpc) is 2.16. The summed E-state index contributed by atoms with van der Waals surface area (Å²) in [6.07, 6.45) is 0. The SMILES string of the molecule is [B]C(=O)OCc1ccc(OC(=C)O)cc1. The van der Waals surface area contributed by atoms with Gasteiger partial charge in [-0.15, -0.1) is 0 Å². The molecule has 0 aliphatic rings. The molecule has 0 amide bonds. The predicted molar refractivity (Wildman–Crippen MR) is 54.8 cm³/mol. The number of carbonyl (C=O) groups excluding carboxylic acids is 1. The van der Waals surface area contributed by atoms with Gasteiger partial charge >= 0.3 is 0 Å². The Bertz CT molecular complexity index is 358. The molecule has 0 saturated carbocycles. The zero-order chi connectivity index (χ0) is 11.3. The Morgan fingerprint density at radius 2 is 2.00 bits per heavy atom. The molecular weight excluding hydrogens is 195 g/mol. The molecule has 0 bridgehead atoms. The minimum absolute atomic E-state index is 0.107. The number of hydrogen-bond acceptors (Lipinski definition) is 4. The first-order chi connectivity index (χ1) is 7.08. The fourth-order valence-corrected chi connectivity index (χ4v) is 0.944. The molecule has 15 heavy (non-hydrogen) atoms. The van der Waals surface area contributed by atoms with Crippen LogP contribution in [0.1, 0.15) is 5.56 Å². The third kappa shape index (κ3) is 4.22. The Morgan fingerprint density at radius 3 is 2.47 bits per heavy atom. The maximum Gasteiger partial charge on any atom is 0.274 e. The smallest absolute Gasteiger partial charge is 0.274 e. The van der Waals surface area contributed by atoms with E-state index < -0.39 is 5.87 Å². The van der Waals surface area contributed by atoms with Crippen molar-refractivity contribution in [3.8, 4) is 5.75 Å². The third-order valence-corrected chi connectivity index (χ3v) is 1.54. The number of benzene rings is 1. The molecule has 0 aromatic heterocycles. The van der Waals surface area contributed by atoms with E-state index in [2.05, 4.69) is 11.3 Å². The molecule has 1 N–H and O–H groups in total. The van der Waals surface area contributed by atoms with Gasteiger partial charge in [-0.2, -0.15) is 0 Å².